The summed E-state index contributed by atoms with van der Waals surface area (Å²) in [5, 5.41) is 17.3. The molecule has 0 saturated heterocycles. The van der Waals surface area contributed by atoms with Crippen LogP contribution in [0.2, 0.25) is 0 Å². The van der Waals surface area contributed by atoms with Gasteiger partial charge >= 0.3 is 0 Å². The number of para-hydroxylation sites is 1. The Labute approximate surface area is 144 Å². The number of aliphatic hydroxyl groups excluding tert-OH is 1. The molecule has 0 radical (unpaired) electrons. The Hall–Kier alpha value is -2.67. The zero-order valence-electron chi connectivity index (χ0n) is 13.9. The van der Waals surface area contributed by atoms with Gasteiger partial charge in [-0.15, -0.1) is 0 Å². The van der Waals surface area contributed by atoms with E-state index in [0.717, 1.165) is 24.9 Å². The SMILES string of the molecule is O=c1[nH]c(NCC2(CCO)CCC2)nc2c1cnn2-c1ccccc1. The summed E-state index contributed by atoms with van der Waals surface area (Å²) in [6.07, 6.45) is 5.68. The maximum Gasteiger partial charge on any atom is 0.263 e. The Kier molecular flexibility index (Phi) is 4.01. The van der Waals surface area contributed by atoms with Crippen LogP contribution in [0.1, 0.15) is 25.7 Å². The van der Waals surface area contributed by atoms with Crippen LogP contribution >= 0.6 is 0 Å². The molecule has 3 aromatic rings. The molecule has 0 spiro atoms. The summed E-state index contributed by atoms with van der Waals surface area (Å²) in [7, 11) is 0. The molecule has 0 unspecified atom stereocenters. The maximum atomic E-state index is 12.3. The number of H-pyrrole nitrogens is 1. The third kappa shape index (κ3) is 2.91. The lowest BCUT2D eigenvalue weighted by Crippen LogP contribution is -2.38. The predicted molar refractivity (Wildman–Crippen MR) is 96.0 cm³/mol. The van der Waals surface area contributed by atoms with Crippen molar-refractivity contribution >= 4 is 17.0 Å². The first-order chi connectivity index (χ1) is 12.2. The summed E-state index contributed by atoms with van der Waals surface area (Å²) < 4.78 is 1.67. The van der Waals surface area contributed by atoms with Crippen LogP contribution in [0.5, 0.6) is 0 Å². The van der Waals surface area contributed by atoms with E-state index in [9.17, 15) is 9.90 Å². The average molecular weight is 339 g/mol. The average Bonchev–Trinajstić information content (AvgIpc) is 3.02. The molecule has 0 atom stereocenters. The van der Waals surface area contributed by atoms with Crippen LogP contribution in [0.15, 0.2) is 41.3 Å². The number of rotatable bonds is 6. The number of aromatic amines is 1. The van der Waals surface area contributed by atoms with Gasteiger partial charge in [0.05, 0.1) is 11.9 Å². The fraction of sp³-hybridized carbons (Fsp3) is 0.389. The summed E-state index contributed by atoms with van der Waals surface area (Å²) >= 11 is 0. The molecule has 2 heterocycles. The zero-order valence-corrected chi connectivity index (χ0v) is 13.9. The number of nitrogens with one attached hydrogen (secondary N) is 2. The number of nitrogens with zero attached hydrogens (tertiary/aromatic N) is 3. The molecule has 7 nitrogen and oxygen atoms in total. The molecule has 1 aliphatic rings. The Balaban J connectivity index is 1.65. The normalized spacial score (nSPS) is 15.9. The summed E-state index contributed by atoms with van der Waals surface area (Å²) in [5.74, 6) is 0.444. The first kappa shape index (κ1) is 15.8. The number of hydrogen-bond acceptors (Lipinski definition) is 5. The minimum absolute atomic E-state index is 0.113. The fourth-order valence-electron chi connectivity index (χ4n) is 3.46. The topological polar surface area (TPSA) is 95.8 Å². The first-order valence-corrected chi connectivity index (χ1v) is 8.59. The minimum atomic E-state index is -0.209. The van der Waals surface area contributed by atoms with Crippen molar-refractivity contribution in [2.45, 2.75) is 25.7 Å². The van der Waals surface area contributed by atoms with Crippen LogP contribution in [0, 0.1) is 5.41 Å². The van der Waals surface area contributed by atoms with Crippen LogP contribution in [0.3, 0.4) is 0 Å². The summed E-state index contributed by atoms with van der Waals surface area (Å²) in [6.45, 7) is 0.882. The highest BCUT2D eigenvalue weighted by Crippen LogP contribution is 2.43. The monoisotopic (exact) mass is 339 g/mol. The van der Waals surface area contributed by atoms with E-state index in [1.807, 2.05) is 30.3 Å². The second-order valence-corrected chi connectivity index (χ2v) is 6.72. The van der Waals surface area contributed by atoms with E-state index in [1.54, 1.807) is 4.68 Å². The molecule has 4 rings (SSSR count). The van der Waals surface area contributed by atoms with Crippen molar-refractivity contribution in [1.82, 2.24) is 19.7 Å². The van der Waals surface area contributed by atoms with Gasteiger partial charge in [0.2, 0.25) is 5.95 Å². The van der Waals surface area contributed by atoms with E-state index in [1.165, 1.54) is 12.6 Å². The van der Waals surface area contributed by atoms with E-state index in [4.69, 9.17) is 0 Å². The Morgan fingerprint density at radius 2 is 2.08 bits per heavy atom. The van der Waals surface area contributed by atoms with Crippen molar-refractivity contribution in [2.75, 3.05) is 18.5 Å². The van der Waals surface area contributed by atoms with Gasteiger partial charge in [0, 0.05) is 13.2 Å². The molecule has 7 heteroatoms. The molecular formula is C18H21N5O2. The van der Waals surface area contributed by atoms with Crippen molar-refractivity contribution in [2.24, 2.45) is 5.41 Å². The standard InChI is InChI=1S/C18H21N5O2/c24-10-9-18(7-4-8-18)12-19-17-21-15-14(16(25)22-17)11-20-23(15)13-5-2-1-3-6-13/h1-3,5-6,11,24H,4,7-10,12H2,(H2,19,21,22,25). The Morgan fingerprint density at radius 3 is 2.76 bits per heavy atom. The third-order valence-electron chi connectivity index (χ3n) is 5.13. The predicted octanol–water partition coefficient (Wildman–Crippen LogP) is 2.07. The number of fused-ring (bicyclic) bond motifs is 1. The largest absolute Gasteiger partial charge is 0.396 e. The lowest BCUT2D eigenvalue weighted by molar-refractivity contribution is 0.101. The summed E-state index contributed by atoms with van der Waals surface area (Å²) in [6, 6.07) is 9.62. The second kappa shape index (κ2) is 6.33. The highest BCUT2D eigenvalue weighted by atomic mass is 16.3. The first-order valence-electron chi connectivity index (χ1n) is 8.59. The highest BCUT2D eigenvalue weighted by Gasteiger charge is 2.36. The highest BCUT2D eigenvalue weighted by molar-refractivity contribution is 5.76. The molecule has 25 heavy (non-hydrogen) atoms. The number of aromatic nitrogens is 4. The smallest absolute Gasteiger partial charge is 0.263 e. The Morgan fingerprint density at radius 1 is 1.28 bits per heavy atom. The van der Waals surface area contributed by atoms with E-state index < -0.39 is 0 Å². The molecule has 2 aromatic heterocycles. The van der Waals surface area contributed by atoms with Gasteiger partial charge in [0.25, 0.3) is 5.56 Å². The molecule has 3 N–H and O–H groups in total. The maximum absolute atomic E-state index is 12.3. The zero-order chi connectivity index (χ0) is 17.3. The van der Waals surface area contributed by atoms with Crippen LogP contribution in [-0.4, -0.2) is 38.0 Å². The van der Waals surface area contributed by atoms with Crippen LogP contribution in [0.25, 0.3) is 16.7 Å². The molecule has 1 fully saturated rings. The van der Waals surface area contributed by atoms with Gasteiger partial charge in [-0.05, 0) is 36.8 Å². The number of benzene rings is 1. The lowest BCUT2D eigenvalue weighted by atomic mass is 9.67. The van der Waals surface area contributed by atoms with Gasteiger partial charge < -0.3 is 10.4 Å². The molecule has 1 saturated carbocycles. The lowest BCUT2D eigenvalue weighted by Gasteiger charge is -2.41. The molecular weight excluding hydrogens is 318 g/mol. The molecule has 0 aliphatic heterocycles. The van der Waals surface area contributed by atoms with Gasteiger partial charge in [0.1, 0.15) is 5.39 Å². The number of anilines is 1. The quantitative estimate of drug-likeness (QED) is 0.639. The van der Waals surface area contributed by atoms with Crippen molar-refractivity contribution < 1.29 is 5.11 Å². The van der Waals surface area contributed by atoms with E-state index >= 15 is 0 Å². The second-order valence-electron chi connectivity index (χ2n) is 6.72. The Bertz CT molecular complexity index is 928. The molecule has 1 aliphatic carbocycles. The number of aliphatic hydroxyl groups is 1. The van der Waals surface area contributed by atoms with Crippen LogP contribution < -0.4 is 10.9 Å². The van der Waals surface area contributed by atoms with Crippen LogP contribution in [-0.2, 0) is 0 Å². The van der Waals surface area contributed by atoms with Crippen LogP contribution in [0.4, 0.5) is 5.95 Å². The van der Waals surface area contributed by atoms with Crippen molar-refractivity contribution in [3.8, 4) is 5.69 Å². The third-order valence-corrected chi connectivity index (χ3v) is 5.13. The molecule has 1 aromatic carbocycles. The van der Waals surface area contributed by atoms with E-state index in [-0.39, 0.29) is 17.6 Å². The van der Waals surface area contributed by atoms with Gasteiger partial charge in [-0.2, -0.15) is 10.1 Å². The molecule has 130 valence electrons. The minimum Gasteiger partial charge on any atom is -0.396 e. The molecule has 0 bridgehead atoms. The molecule has 0 amide bonds. The number of hydrogen-bond donors (Lipinski definition) is 3. The summed E-state index contributed by atoms with van der Waals surface area (Å²) in [4.78, 5) is 19.7. The van der Waals surface area contributed by atoms with Gasteiger partial charge in [-0.1, -0.05) is 24.6 Å². The fourth-order valence-corrected chi connectivity index (χ4v) is 3.46. The summed E-state index contributed by atoms with van der Waals surface area (Å²) in [5.41, 5.74) is 1.29. The van der Waals surface area contributed by atoms with E-state index in [0.29, 0.717) is 23.5 Å². The van der Waals surface area contributed by atoms with Crippen molar-refractivity contribution in [3.05, 3.63) is 46.9 Å². The van der Waals surface area contributed by atoms with Crippen molar-refractivity contribution in [1.29, 1.82) is 0 Å². The van der Waals surface area contributed by atoms with Crippen molar-refractivity contribution in [3.63, 3.8) is 0 Å². The van der Waals surface area contributed by atoms with E-state index in [2.05, 4.69) is 20.4 Å². The van der Waals surface area contributed by atoms with Gasteiger partial charge in [0.15, 0.2) is 5.65 Å². The van der Waals surface area contributed by atoms with Gasteiger partial charge in [-0.25, -0.2) is 4.68 Å². The van der Waals surface area contributed by atoms with Gasteiger partial charge in [-0.3, -0.25) is 9.78 Å².